The molecular weight excluding hydrogens is 173 g/mol. The molecule has 0 aliphatic heterocycles. The summed E-state index contributed by atoms with van der Waals surface area (Å²) in [7, 11) is 1.43. The van der Waals surface area contributed by atoms with E-state index >= 15 is 0 Å². The minimum atomic E-state index is -0.911. The summed E-state index contributed by atoms with van der Waals surface area (Å²) >= 11 is 0. The highest BCUT2D eigenvalue weighted by Crippen LogP contribution is 2.25. The zero-order valence-electron chi connectivity index (χ0n) is 7.25. The lowest BCUT2D eigenvalue weighted by molar-refractivity contribution is 0.410. The SMILES string of the molecule is COc1cc(N)c(C(N)N)c(F)c1. The maximum absolute atomic E-state index is 13.2. The molecule has 0 spiro atoms. The number of anilines is 1. The van der Waals surface area contributed by atoms with Crippen molar-refractivity contribution in [2.45, 2.75) is 6.17 Å². The lowest BCUT2D eigenvalue weighted by atomic mass is 10.1. The van der Waals surface area contributed by atoms with Gasteiger partial charge in [-0.05, 0) is 0 Å². The summed E-state index contributed by atoms with van der Waals surface area (Å²) in [6.07, 6.45) is -0.911. The molecule has 0 radical (unpaired) electrons. The summed E-state index contributed by atoms with van der Waals surface area (Å²) in [6.45, 7) is 0. The average molecular weight is 185 g/mol. The van der Waals surface area contributed by atoms with Gasteiger partial charge in [-0.3, -0.25) is 0 Å². The Morgan fingerprint density at radius 1 is 1.38 bits per heavy atom. The van der Waals surface area contributed by atoms with E-state index in [0.717, 1.165) is 0 Å². The predicted octanol–water partition coefficient (Wildman–Crippen LogP) is 0.333. The smallest absolute Gasteiger partial charge is 0.135 e. The number of nitrogen functional groups attached to an aromatic ring is 1. The Hall–Kier alpha value is -1.33. The normalized spacial score (nSPS) is 10.5. The lowest BCUT2D eigenvalue weighted by Crippen LogP contribution is -2.22. The molecule has 0 aliphatic carbocycles. The third-order valence-corrected chi connectivity index (χ3v) is 1.70. The van der Waals surface area contributed by atoms with Crippen molar-refractivity contribution in [2.75, 3.05) is 12.8 Å². The molecule has 0 saturated carbocycles. The number of rotatable bonds is 2. The summed E-state index contributed by atoms with van der Waals surface area (Å²) in [5.41, 5.74) is 16.5. The topological polar surface area (TPSA) is 87.3 Å². The van der Waals surface area contributed by atoms with E-state index in [1.54, 1.807) is 0 Å². The Balaban J connectivity index is 3.23. The van der Waals surface area contributed by atoms with Crippen LogP contribution in [0, 0.1) is 5.82 Å². The van der Waals surface area contributed by atoms with Gasteiger partial charge in [-0.15, -0.1) is 0 Å². The molecule has 0 amide bonds. The van der Waals surface area contributed by atoms with Gasteiger partial charge < -0.3 is 21.9 Å². The van der Waals surface area contributed by atoms with E-state index in [-0.39, 0.29) is 11.3 Å². The molecule has 0 aliphatic rings. The fraction of sp³-hybridized carbons (Fsp3) is 0.250. The van der Waals surface area contributed by atoms with Crippen molar-refractivity contribution in [3.05, 3.63) is 23.5 Å². The zero-order chi connectivity index (χ0) is 10.0. The van der Waals surface area contributed by atoms with Gasteiger partial charge in [-0.1, -0.05) is 0 Å². The highest BCUT2D eigenvalue weighted by molar-refractivity contribution is 5.53. The highest BCUT2D eigenvalue weighted by Gasteiger charge is 2.12. The Morgan fingerprint density at radius 3 is 2.38 bits per heavy atom. The van der Waals surface area contributed by atoms with Crippen molar-refractivity contribution in [3.8, 4) is 5.75 Å². The molecule has 0 aromatic heterocycles. The molecule has 6 N–H and O–H groups in total. The van der Waals surface area contributed by atoms with Crippen LogP contribution in [0.2, 0.25) is 0 Å². The fourth-order valence-electron chi connectivity index (χ4n) is 1.08. The van der Waals surface area contributed by atoms with Crippen LogP contribution in [0.15, 0.2) is 12.1 Å². The standard InChI is InChI=1S/C8H12FN3O/c1-13-4-2-5(9)7(8(11)12)6(10)3-4/h2-3,8H,10-12H2,1H3. The number of nitrogens with two attached hydrogens (primary N) is 3. The first-order valence-corrected chi connectivity index (χ1v) is 3.70. The molecule has 0 heterocycles. The van der Waals surface area contributed by atoms with Crippen molar-refractivity contribution >= 4 is 5.69 Å². The van der Waals surface area contributed by atoms with Gasteiger partial charge in [0, 0.05) is 23.4 Å². The molecule has 1 aromatic rings. The van der Waals surface area contributed by atoms with Crippen LogP contribution in [0.3, 0.4) is 0 Å². The maximum atomic E-state index is 13.2. The van der Waals surface area contributed by atoms with Crippen molar-refractivity contribution < 1.29 is 9.13 Å². The molecule has 5 heteroatoms. The van der Waals surface area contributed by atoms with Gasteiger partial charge in [0.15, 0.2) is 0 Å². The third-order valence-electron chi connectivity index (χ3n) is 1.70. The van der Waals surface area contributed by atoms with Crippen molar-refractivity contribution in [2.24, 2.45) is 11.5 Å². The number of methoxy groups -OCH3 is 1. The second-order valence-corrected chi connectivity index (χ2v) is 2.64. The number of hydrogen-bond acceptors (Lipinski definition) is 4. The van der Waals surface area contributed by atoms with Crippen LogP contribution in [0.4, 0.5) is 10.1 Å². The van der Waals surface area contributed by atoms with E-state index < -0.39 is 12.0 Å². The summed E-state index contributed by atoms with van der Waals surface area (Å²) < 4.78 is 18.0. The fourth-order valence-corrected chi connectivity index (χ4v) is 1.08. The molecule has 4 nitrogen and oxygen atoms in total. The number of ether oxygens (including phenoxy) is 1. The van der Waals surface area contributed by atoms with E-state index in [0.29, 0.717) is 5.75 Å². The molecule has 0 unspecified atom stereocenters. The van der Waals surface area contributed by atoms with Crippen LogP contribution in [-0.4, -0.2) is 7.11 Å². The van der Waals surface area contributed by atoms with Crippen LogP contribution in [0.25, 0.3) is 0 Å². The molecule has 72 valence electrons. The van der Waals surface area contributed by atoms with Gasteiger partial charge in [-0.2, -0.15) is 0 Å². The monoisotopic (exact) mass is 185 g/mol. The van der Waals surface area contributed by atoms with Crippen molar-refractivity contribution in [3.63, 3.8) is 0 Å². The molecule has 0 bridgehead atoms. The first kappa shape index (κ1) is 9.76. The van der Waals surface area contributed by atoms with E-state index in [1.807, 2.05) is 0 Å². The number of benzene rings is 1. The Bertz CT molecular complexity index is 291. The second kappa shape index (κ2) is 3.59. The highest BCUT2D eigenvalue weighted by atomic mass is 19.1. The lowest BCUT2D eigenvalue weighted by Gasteiger charge is -2.11. The van der Waals surface area contributed by atoms with Gasteiger partial charge in [-0.25, -0.2) is 4.39 Å². The van der Waals surface area contributed by atoms with Gasteiger partial charge in [0.1, 0.15) is 11.6 Å². The maximum Gasteiger partial charge on any atom is 0.135 e. The summed E-state index contributed by atoms with van der Waals surface area (Å²) in [6, 6.07) is 2.67. The molecular formula is C8H12FN3O. The Kier molecular flexibility index (Phi) is 2.69. The summed E-state index contributed by atoms with van der Waals surface area (Å²) in [4.78, 5) is 0. The minimum absolute atomic E-state index is 0.112. The van der Waals surface area contributed by atoms with E-state index in [1.165, 1.54) is 19.2 Å². The molecule has 0 saturated heterocycles. The van der Waals surface area contributed by atoms with Gasteiger partial charge >= 0.3 is 0 Å². The van der Waals surface area contributed by atoms with E-state index in [9.17, 15) is 4.39 Å². The molecule has 13 heavy (non-hydrogen) atoms. The van der Waals surface area contributed by atoms with E-state index in [2.05, 4.69) is 0 Å². The quantitative estimate of drug-likeness (QED) is 0.457. The number of halogens is 1. The second-order valence-electron chi connectivity index (χ2n) is 2.64. The van der Waals surface area contributed by atoms with Gasteiger partial charge in [0.25, 0.3) is 0 Å². The van der Waals surface area contributed by atoms with Crippen LogP contribution < -0.4 is 21.9 Å². The minimum Gasteiger partial charge on any atom is -0.497 e. The first-order chi connectivity index (χ1) is 6.06. The van der Waals surface area contributed by atoms with Crippen LogP contribution in [0.1, 0.15) is 11.7 Å². The van der Waals surface area contributed by atoms with Crippen LogP contribution >= 0.6 is 0 Å². The molecule has 1 aromatic carbocycles. The molecule has 0 atom stereocenters. The molecule has 1 rings (SSSR count). The van der Waals surface area contributed by atoms with Crippen molar-refractivity contribution in [1.29, 1.82) is 0 Å². The third kappa shape index (κ3) is 1.88. The zero-order valence-corrected chi connectivity index (χ0v) is 7.25. The van der Waals surface area contributed by atoms with Gasteiger partial charge in [0.2, 0.25) is 0 Å². The van der Waals surface area contributed by atoms with Crippen molar-refractivity contribution in [1.82, 2.24) is 0 Å². The van der Waals surface area contributed by atoms with Gasteiger partial charge in [0.05, 0.1) is 13.3 Å². The largest absolute Gasteiger partial charge is 0.497 e. The summed E-state index contributed by atoms with van der Waals surface area (Å²) in [5, 5.41) is 0. The van der Waals surface area contributed by atoms with E-state index in [4.69, 9.17) is 21.9 Å². The molecule has 0 fully saturated rings. The first-order valence-electron chi connectivity index (χ1n) is 3.70. The number of hydrogen-bond donors (Lipinski definition) is 3. The average Bonchev–Trinajstić information content (AvgIpc) is 2.02. The Labute approximate surface area is 75.5 Å². The predicted molar refractivity (Wildman–Crippen MR) is 48.5 cm³/mol. The Morgan fingerprint density at radius 2 is 2.00 bits per heavy atom. The van der Waals surface area contributed by atoms with Crippen LogP contribution in [0.5, 0.6) is 5.75 Å². The summed E-state index contributed by atoms with van der Waals surface area (Å²) in [5.74, 6) is -0.203. The van der Waals surface area contributed by atoms with Crippen LogP contribution in [-0.2, 0) is 0 Å².